The summed E-state index contributed by atoms with van der Waals surface area (Å²) in [6, 6.07) is 15.8. The first-order valence-electron chi connectivity index (χ1n) is 15.7. The zero-order chi connectivity index (χ0) is 33.2. The molecule has 0 heterocycles. The molecular weight excluding hydrogens is 344 g/mol. The monoisotopic (exact) mass is 390 g/mol. The maximum Gasteiger partial charge on any atom is 0.0718 e. The molecule has 0 radical (unpaired) electrons. The summed E-state index contributed by atoms with van der Waals surface area (Å²) in [5, 5.41) is 0. The Hall–Kier alpha value is -1.76. The summed E-state index contributed by atoms with van der Waals surface area (Å²) >= 11 is 0. The zero-order valence-electron chi connectivity index (χ0n) is 30.2. The predicted octanol–water partition coefficient (Wildman–Crippen LogP) is 3.47. The van der Waals surface area contributed by atoms with E-state index in [-0.39, 0.29) is 0 Å². The van der Waals surface area contributed by atoms with Gasteiger partial charge in [0.2, 0.25) is 0 Å². The van der Waals surface area contributed by atoms with Gasteiger partial charge in [0.05, 0.1) is 87.6 Å². The summed E-state index contributed by atoms with van der Waals surface area (Å²) in [5.41, 5.74) is 0.822. The van der Waals surface area contributed by atoms with Gasteiger partial charge in [-0.15, -0.1) is 0 Å². The van der Waals surface area contributed by atoms with E-state index >= 15 is 0 Å². The van der Waals surface area contributed by atoms with Gasteiger partial charge in [-0.2, -0.15) is 0 Å². The summed E-state index contributed by atoms with van der Waals surface area (Å²) in [7, 11) is 0. The Labute approximate surface area is 184 Å². The molecule has 0 unspecified atom stereocenters. The third-order valence-electron chi connectivity index (χ3n) is 2.78. The number of hydrogen-bond acceptors (Lipinski definition) is 5. The summed E-state index contributed by atoms with van der Waals surface area (Å²) in [6.07, 6.45) is 0. The van der Waals surface area contributed by atoms with E-state index in [0.717, 1.165) is 0 Å². The number of ether oxygens (including phenoxy) is 5. The summed E-state index contributed by atoms with van der Waals surface area (Å²) in [5.74, 6) is 0. The maximum absolute atomic E-state index is 7.86. The van der Waals surface area contributed by atoms with Crippen molar-refractivity contribution in [3.05, 3.63) is 71.8 Å². The normalized spacial score (nSPS) is 24.0. The second-order valence-electron chi connectivity index (χ2n) is 4.67. The smallest absolute Gasteiger partial charge is 0.0718 e. The molecule has 0 aromatic heterocycles. The second kappa shape index (κ2) is 15.3. The zero-order valence-corrected chi connectivity index (χ0v) is 14.2. The first kappa shape index (κ1) is 8.31. The van der Waals surface area contributed by atoms with Gasteiger partial charge in [-0.3, -0.25) is 0 Å². The van der Waals surface area contributed by atoms with Gasteiger partial charge in [0.1, 0.15) is 0 Å². The van der Waals surface area contributed by atoms with Gasteiger partial charge in [0.15, 0.2) is 0 Å². The van der Waals surface area contributed by atoms with E-state index in [1.165, 1.54) is 24.3 Å². The van der Waals surface area contributed by atoms with Crippen molar-refractivity contribution in [3.63, 3.8) is 0 Å². The maximum atomic E-state index is 7.86. The lowest BCUT2D eigenvalue weighted by Gasteiger charge is -2.08. The Kier molecular flexibility index (Phi) is 4.71. The SMILES string of the molecule is [2H]C([2H])(OCc1ccccc1)C([2H])([2H])OC([2H])([2H])C([2H])([2H])OC([2H])([2H])C([2H])([2H])OC([2H])([2H])C([2H])([2H])OCc1ccccc1. The molecule has 148 valence electrons. The van der Waals surface area contributed by atoms with Crippen molar-refractivity contribution >= 4 is 0 Å². The molecule has 0 saturated heterocycles. The number of benzene rings is 2. The Balaban J connectivity index is 2.16. The molecule has 0 aliphatic rings. The molecule has 0 aliphatic heterocycles. The number of hydrogen-bond donors (Lipinski definition) is 0. The van der Waals surface area contributed by atoms with Crippen LogP contribution < -0.4 is 0 Å². The molecule has 0 fully saturated rings. The molecule has 2 aromatic rings. The van der Waals surface area contributed by atoms with E-state index < -0.39 is 65.7 Å². The van der Waals surface area contributed by atoms with Crippen LogP contribution in [0.4, 0.5) is 0 Å². The predicted molar refractivity (Wildman–Crippen MR) is 105 cm³/mol. The highest BCUT2D eigenvalue weighted by atomic mass is 16.6. The van der Waals surface area contributed by atoms with Crippen molar-refractivity contribution in [2.75, 3.05) is 52.5 Å². The molecule has 5 nitrogen and oxygen atoms in total. The fraction of sp³-hybridized carbons (Fsp3) is 0.455. The molecule has 0 saturated carbocycles. The van der Waals surface area contributed by atoms with Crippen LogP contribution in [0.25, 0.3) is 0 Å². The topological polar surface area (TPSA) is 46.2 Å². The van der Waals surface area contributed by atoms with Gasteiger partial charge in [0, 0.05) is 0 Å². The van der Waals surface area contributed by atoms with Crippen LogP contribution >= 0.6 is 0 Å². The lowest BCUT2D eigenvalue weighted by atomic mass is 10.2. The molecule has 5 heteroatoms. The minimum Gasteiger partial charge on any atom is -0.377 e. The summed E-state index contributed by atoms with van der Waals surface area (Å²) in [4.78, 5) is 0. The van der Waals surface area contributed by atoms with Gasteiger partial charge >= 0.3 is 0 Å². The van der Waals surface area contributed by atoms with Crippen LogP contribution in [0.2, 0.25) is 0 Å². The Morgan fingerprint density at radius 3 is 1.07 bits per heavy atom. The Morgan fingerprint density at radius 2 is 0.741 bits per heavy atom. The van der Waals surface area contributed by atoms with Gasteiger partial charge in [0.25, 0.3) is 0 Å². The highest BCUT2D eigenvalue weighted by Gasteiger charge is 1.95. The molecule has 0 amide bonds. The van der Waals surface area contributed by atoms with Gasteiger partial charge in [-0.05, 0) is 11.1 Å². The van der Waals surface area contributed by atoms with Crippen LogP contribution in [0.5, 0.6) is 0 Å². The average Bonchev–Trinajstić information content (AvgIpc) is 2.85. The van der Waals surface area contributed by atoms with E-state index in [2.05, 4.69) is 14.2 Å². The van der Waals surface area contributed by atoms with Gasteiger partial charge < -0.3 is 23.7 Å². The fourth-order valence-corrected chi connectivity index (χ4v) is 1.65. The molecule has 27 heavy (non-hydrogen) atoms. The van der Waals surface area contributed by atoms with Crippen molar-refractivity contribution < 1.29 is 45.6 Å². The van der Waals surface area contributed by atoms with Gasteiger partial charge in [-0.1, -0.05) is 60.7 Å². The molecule has 0 aliphatic carbocycles. The minimum absolute atomic E-state index is 0.411. The van der Waals surface area contributed by atoms with Gasteiger partial charge in [-0.25, -0.2) is 0 Å². The van der Waals surface area contributed by atoms with Crippen LogP contribution in [0.1, 0.15) is 33.1 Å². The molecule has 2 rings (SSSR count). The minimum atomic E-state index is -4.09. The third kappa shape index (κ3) is 11.5. The third-order valence-corrected chi connectivity index (χ3v) is 2.78. The highest BCUT2D eigenvalue weighted by molar-refractivity contribution is 5.14. The molecule has 0 bridgehead atoms. The van der Waals surface area contributed by atoms with E-state index in [1.54, 1.807) is 36.4 Å². The lowest BCUT2D eigenvalue weighted by molar-refractivity contribution is -0.0138. The van der Waals surface area contributed by atoms with Crippen LogP contribution in [0.15, 0.2) is 60.7 Å². The van der Waals surface area contributed by atoms with Crippen molar-refractivity contribution in [1.82, 2.24) is 0 Å². The van der Waals surface area contributed by atoms with Crippen molar-refractivity contribution in [2.24, 2.45) is 0 Å². The highest BCUT2D eigenvalue weighted by Crippen LogP contribution is 2.00. The van der Waals surface area contributed by atoms with Crippen molar-refractivity contribution in [3.8, 4) is 0 Å². The average molecular weight is 391 g/mol. The second-order valence-corrected chi connectivity index (χ2v) is 4.67. The molecule has 2 aromatic carbocycles. The summed E-state index contributed by atoms with van der Waals surface area (Å²) < 4.78 is 149. The first-order chi connectivity index (χ1) is 19.3. The largest absolute Gasteiger partial charge is 0.377 e. The molecular formula is C22H30O5. The standard InChI is InChI=1S/C22H30O5/c1-3-7-21(8-4-1)19-26-17-15-24-13-11-23-12-14-25-16-18-27-20-22-9-5-2-6-10-22/h1-10H,11-20H2/i11D2,12D2,13D2,14D2,15D2,16D2,17D2,18D2. The van der Waals surface area contributed by atoms with Crippen LogP contribution in [-0.2, 0) is 36.9 Å². The van der Waals surface area contributed by atoms with Crippen LogP contribution in [-0.4, -0.2) is 52.5 Å². The molecule has 0 atom stereocenters. The van der Waals surface area contributed by atoms with Crippen molar-refractivity contribution in [2.45, 2.75) is 13.2 Å². The molecule has 0 N–H and O–H groups in total. The Bertz CT molecular complexity index is 1090. The van der Waals surface area contributed by atoms with E-state index in [4.69, 9.17) is 31.4 Å². The fourth-order valence-electron chi connectivity index (χ4n) is 1.65. The van der Waals surface area contributed by atoms with Crippen molar-refractivity contribution in [1.29, 1.82) is 0 Å². The lowest BCUT2D eigenvalue weighted by Crippen LogP contribution is -2.13. The molecule has 0 spiro atoms. The van der Waals surface area contributed by atoms with E-state index in [0.29, 0.717) is 11.1 Å². The first-order valence-corrected chi connectivity index (χ1v) is 7.74. The Morgan fingerprint density at radius 1 is 0.444 bits per heavy atom. The summed E-state index contributed by atoms with van der Waals surface area (Å²) in [6.45, 7) is -31.5. The number of rotatable bonds is 16. The van der Waals surface area contributed by atoms with E-state index in [1.807, 2.05) is 0 Å². The van der Waals surface area contributed by atoms with Crippen LogP contribution in [0, 0.1) is 0 Å². The quantitative estimate of drug-likeness (QED) is 0.439. The van der Waals surface area contributed by atoms with E-state index in [9.17, 15) is 0 Å². The van der Waals surface area contributed by atoms with Crippen LogP contribution in [0.3, 0.4) is 0 Å².